The molecule has 1 saturated carbocycles. The number of hydrogen-bond donors (Lipinski definition) is 0. The Morgan fingerprint density at radius 1 is 1.30 bits per heavy atom. The molecule has 0 amide bonds. The van der Waals surface area contributed by atoms with Crippen molar-refractivity contribution in [3.63, 3.8) is 0 Å². The number of aryl methyl sites for hydroxylation is 1. The number of aliphatic imine (C=N–C) groups is 1. The fourth-order valence-corrected chi connectivity index (χ4v) is 4.47. The molecule has 3 rings (SSSR count). The van der Waals surface area contributed by atoms with Crippen molar-refractivity contribution in [1.82, 2.24) is 0 Å². The average Bonchev–Trinajstić information content (AvgIpc) is 2.66. The second-order valence-electron chi connectivity index (χ2n) is 6.71. The van der Waals surface area contributed by atoms with Gasteiger partial charge in [0, 0.05) is 18.1 Å². The fraction of sp³-hybridized carbons (Fsp3) is 0.429. The van der Waals surface area contributed by atoms with Crippen LogP contribution in [-0.4, -0.2) is 29.8 Å². The van der Waals surface area contributed by atoms with Gasteiger partial charge in [-0.05, 0) is 32.3 Å². The number of nitriles is 1. The van der Waals surface area contributed by atoms with E-state index in [1.54, 1.807) is 6.92 Å². The molecule has 0 N–H and O–H groups in total. The van der Waals surface area contributed by atoms with E-state index in [9.17, 15) is 14.9 Å². The van der Waals surface area contributed by atoms with Gasteiger partial charge in [-0.1, -0.05) is 41.6 Å². The van der Waals surface area contributed by atoms with Gasteiger partial charge in [-0.25, -0.2) is 4.99 Å². The topological polar surface area (TPSA) is 79.5 Å². The van der Waals surface area contributed by atoms with Crippen LogP contribution >= 0.6 is 11.8 Å². The molecular formula is C21H22N2O3S. The minimum atomic E-state index is -0.372. The van der Waals surface area contributed by atoms with Gasteiger partial charge < -0.3 is 4.74 Å². The van der Waals surface area contributed by atoms with Crippen LogP contribution in [0.5, 0.6) is 0 Å². The predicted molar refractivity (Wildman–Crippen MR) is 105 cm³/mol. The van der Waals surface area contributed by atoms with E-state index < -0.39 is 0 Å². The van der Waals surface area contributed by atoms with Gasteiger partial charge in [-0.2, -0.15) is 5.26 Å². The molecule has 6 heteroatoms. The summed E-state index contributed by atoms with van der Waals surface area (Å²) in [4.78, 5) is 29.1. The zero-order chi connectivity index (χ0) is 19.4. The van der Waals surface area contributed by atoms with Crippen LogP contribution < -0.4 is 0 Å². The summed E-state index contributed by atoms with van der Waals surface area (Å²) in [6.07, 6.45) is 2.06. The molecule has 1 aliphatic heterocycles. The van der Waals surface area contributed by atoms with Crippen molar-refractivity contribution in [1.29, 1.82) is 5.26 Å². The number of carbonyl (C=O) groups excluding carboxylic acids is 2. The van der Waals surface area contributed by atoms with Crippen LogP contribution in [0.4, 0.5) is 0 Å². The van der Waals surface area contributed by atoms with Gasteiger partial charge in [0.2, 0.25) is 0 Å². The number of hydrogen-bond acceptors (Lipinski definition) is 6. The minimum Gasteiger partial charge on any atom is -0.465 e. The van der Waals surface area contributed by atoms with Crippen molar-refractivity contribution in [2.45, 2.75) is 39.0 Å². The lowest BCUT2D eigenvalue weighted by Crippen LogP contribution is -2.37. The number of esters is 1. The van der Waals surface area contributed by atoms with Crippen molar-refractivity contribution < 1.29 is 14.3 Å². The summed E-state index contributed by atoms with van der Waals surface area (Å²) in [6.45, 7) is 4.08. The van der Waals surface area contributed by atoms with Gasteiger partial charge >= 0.3 is 5.97 Å². The van der Waals surface area contributed by atoms with Gasteiger partial charge in [0.25, 0.3) is 0 Å². The highest BCUT2D eigenvalue weighted by molar-refractivity contribution is 8.03. The maximum Gasteiger partial charge on any atom is 0.316 e. The number of allylic oxidation sites excluding steroid dienone is 1. The van der Waals surface area contributed by atoms with Gasteiger partial charge in [0.15, 0.2) is 0 Å². The predicted octanol–water partition coefficient (Wildman–Crippen LogP) is 3.93. The molecule has 0 bridgehead atoms. The number of rotatable bonds is 5. The number of ketones is 1. The highest BCUT2D eigenvalue weighted by Crippen LogP contribution is 2.44. The Morgan fingerprint density at radius 3 is 2.70 bits per heavy atom. The Hall–Kier alpha value is -2.39. The van der Waals surface area contributed by atoms with Gasteiger partial charge in [-0.3, -0.25) is 9.59 Å². The first kappa shape index (κ1) is 19.4. The summed E-state index contributed by atoms with van der Waals surface area (Å²) in [5, 5.41) is 10.4. The summed E-state index contributed by atoms with van der Waals surface area (Å²) < 4.78 is 4.98. The van der Waals surface area contributed by atoms with Crippen LogP contribution in [0.1, 0.15) is 43.2 Å². The van der Waals surface area contributed by atoms with E-state index in [0.29, 0.717) is 23.6 Å². The normalized spacial score (nSPS) is 22.0. The SMILES string of the molecule is CCOC(=O)CSC1=C(C#N)[C@H](c2ccc(C)cc2)C2C(=O)CCCC2=N1. The van der Waals surface area contributed by atoms with Crippen LogP contribution in [0.25, 0.3) is 0 Å². The highest BCUT2D eigenvalue weighted by atomic mass is 32.2. The van der Waals surface area contributed by atoms with E-state index in [2.05, 4.69) is 11.1 Å². The lowest BCUT2D eigenvalue weighted by molar-refractivity contribution is -0.139. The van der Waals surface area contributed by atoms with Crippen molar-refractivity contribution in [2.24, 2.45) is 10.9 Å². The molecule has 1 aromatic carbocycles. The van der Waals surface area contributed by atoms with E-state index in [0.717, 1.165) is 29.7 Å². The first-order valence-electron chi connectivity index (χ1n) is 9.14. The molecule has 0 saturated heterocycles. The standard InChI is InChI=1S/C21H22N2O3S/c1-3-26-18(25)12-27-21-15(11-22)19(14-9-7-13(2)8-10-14)20-16(23-21)5-4-6-17(20)24/h7-10,19-20H,3-6,12H2,1-2H3/t19-,20?/m0/s1. The maximum absolute atomic E-state index is 12.7. The summed E-state index contributed by atoms with van der Waals surface area (Å²) in [6, 6.07) is 10.2. The molecule has 1 fully saturated rings. The van der Waals surface area contributed by atoms with E-state index in [1.165, 1.54) is 11.8 Å². The third-order valence-electron chi connectivity index (χ3n) is 4.87. The first-order valence-corrected chi connectivity index (χ1v) is 10.1. The fourth-order valence-electron chi connectivity index (χ4n) is 3.62. The van der Waals surface area contributed by atoms with Gasteiger partial charge in [-0.15, -0.1) is 0 Å². The Balaban J connectivity index is 2.02. The van der Waals surface area contributed by atoms with Crippen molar-refractivity contribution >= 4 is 29.2 Å². The number of ether oxygens (including phenoxy) is 1. The van der Waals surface area contributed by atoms with Gasteiger partial charge in [0.1, 0.15) is 10.8 Å². The molecule has 1 aliphatic carbocycles. The van der Waals surface area contributed by atoms with E-state index in [-0.39, 0.29) is 29.3 Å². The number of thioether (sulfide) groups is 1. The molecule has 2 atom stereocenters. The summed E-state index contributed by atoms with van der Waals surface area (Å²) in [5.74, 6) is -0.790. The molecule has 140 valence electrons. The number of Topliss-reactive ketones (excluding diaryl/α,β-unsaturated/α-hetero) is 1. The quantitative estimate of drug-likeness (QED) is 0.721. The lowest BCUT2D eigenvalue weighted by atomic mass is 9.70. The first-order chi connectivity index (χ1) is 13.0. The number of benzene rings is 1. The van der Waals surface area contributed by atoms with Crippen LogP contribution in [0.3, 0.4) is 0 Å². The zero-order valence-electron chi connectivity index (χ0n) is 15.5. The third-order valence-corrected chi connectivity index (χ3v) is 5.84. The monoisotopic (exact) mass is 382 g/mol. The summed E-state index contributed by atoms with van der Waals surface area (Å²) >= 11 is 1.22. The molecule has 2 aliphatic rings. The van der Waals surface area contributed by atoms with E-state index in [1.807, 2.05) is 31.2 Å². The average molecular weight is 382 g/mol. The number of nitrogens with zero attached hydrogens (tertiary/aromatic N) is 2. The largest absolute Gasteiger partial charge is 0.465 e. The molecule has 5 nitrogen and oxygen atoms in total. The Morgan fingerprint density at radius 2 is 2.04 bits per heavy atom. The molecule has 27 heavy (non-hydrogen) atoms. The molecule has 0 spiro atoms. The minimum absolute atomic E-state index is 0.102. The van der Waals surface area contributed by atoms with Crippen LogP contribution in [0.2, 0.25) is 0 Å². The summed E-state index contributed by atoms with van der Waals surface area (Å²) in [5.41, 5.74) is 3.37. The molecule has 1 unspecified atom stereocenters. The summed E-state index contributed by atoms with van der Waals surface area (Å²) in [7, 11) is 0. The Kier molecular flexibility index (Phi) is 6.12. The van der Waals surface area contributed by atoms with Crippen molar-refractivity contribution in [3.05, 3.63) is 46.0 Å². The van der Waals surface area contributed by atoms with Crippen molar-refractivity contribution in [2.75, 3.05) is 12.4 Å². The molecule has 1 heterocycles. The zero-order valence-corrected chi connectivity index (χ0v) is 16.3. The second kappa shape index (κ2) is 8.53. The molecule has 1 aromatic rings. The number of carbonyl (C=O) groups is 2. The van der Waals surface area contributed by atoms with E-state index >= 15 is 0 Å². The Bertz CT molecular complexity index is 849. The van der Waals surface area contributed by atoms with Gasteiger partial charge in [0.05, 0.1) is 29.9 Å². The van der Waals surface area contributed by atoms with Crippen LogP contribution in [0.15, 0.2) is 39.9 Å². The third kappa shape index (κ3) is 4.14. The number of fused-ring (bicyclic) bond motifs is 1. The highest BCUT2D eigenvalue weighted by Gasteiger charge is 2.42. The smallest absolute Gasteiger partial charge is 0.316 e. The molecular weight excluding hydrogens is 360 g/mol. The van der Waals surface area contributed by atoms with E-state index in [4.69, 9.17) is 4.74 Å². The second-order valence-corrected chi connectivity index (χ2v) is 7.68. The van der Waals surface area contributed by atoms with Crippen LogP contribution in [-0.2, 0) is 14.3 Å². The molecule has 0 aromatic heterocycles. The molecule has 0 radical (unpaired) electrons. The van der Waals surface area contributed by atoms with Crippen LogP contribution in [0, 0.1) is 24.2 Å². The Labute approximate surface area is 163 Å². The maximum atomic E-state index is 12.7. The lowest BCUT2D eigenvalue weighted by Gasteiger charge is -2.34. The van der Waals surface area contributed by atoms with Crippen molar-refractivity contribution in [3.8, 4) is 6.07 Å².